The number of carbonyl (C=O) groups is 3. The van der Waals surface area contributed by atoms with Gasteiger partial charge < -0.3 is 9.47 Å². The van der Waals surface area contributed by atoms with Crippen molar-refractivity contribution in [2.45, 2.75) is 44.4 Å². The van der Waals surface area contributed by atoms with Gasteiger partial charge in [0.25, 0.3) is 0 Å². The van der Waals surface area contributed by atoms with Crippen LogP contribution in [0.1, 0.15) is 37.8 Å². The van der Waals surface area contributed by atoms with Gasteiger partial charge in [0, 0.05) is 5.92 Å². The van der Waals surface area contributed by atoms with Crippen LogP contribution in [-0.2, 0) is 19.1 Å². The van der Waals surface area contributed by atoms with Gasteiger partial charge in [0.1, 0.15) is 18.2 Å². The number of rotatable bonds is 2. The van der Waals surface area contributed by atoms with Crippen LogP contribution >= 0.6 is 0 Å². The first-order valence-corrected chi connectivity index (χ1v) is 11.0. The molecule has 2 heterocycles. The Morgan fingerprint density at radius 1 is 1.00 bits per heavy atom. The molecule has 8 nitrogen and oxygen atoms in total. The Bertz CT molecular complexity index is 1080. The van der Waals surface area contributed by atoms with Crippen LogP contribution in [0, 0.1) is 0 Å². The maximum atomic E-state index is 12.9. The van der Waals surface area contributed by atoms with E-state index in [9.17, 15) is 14.4 Å². The van der Waals surface area contributed by atoms with E-state index in [1.54, 1.807) is 20.8 Å². The molecule has 2 aromatic carbocycles. The number of Topliss-reactive ketones (excluding diaryl/α,β-unsaturated/α-hetero) is 1. The molecule has 2 unspecified atom stereocenters. The molecule has 172 valence electrons. The van der Waals surface area contributed by atoms with E-state index in [2.05, 4.69) is 12.1 Å². The second kappa shape index (κ2) is 7.88. The molecule has 0 radical (unpaired) electrons. The number of amides is 2. The number of fused-ring (bicyclic) bond motifs is 4. The second-order valence-electron chi connectivity index (χ2n) is 9.51. The Labute approximate surface area is 192 Å². The summed E-state index contributed by atoms with van der Waals surface area (Å²) in [5, 5.41) is 0.976. The SMILES string of the molecule is CC(C)(C)OC(=O)N1CC(=O)C2C1CON2C(=O)OCC1c2ccccc2-c2ccccc21. The zero-order chi connectivity index (χ0) is 23.3. The van der Waals surface area contributed by atoms with Crippen molar-refractivity contribution in [2.24, 2.45) is 0 Å². The molecule has 2 atom stereocenters. The van der Waals surface area contributed by atoms with E-state index in [0.29, 0.717) is 0 Å². The van der Waals surface area contributed by atoms with Crippen molar-refractivity contribution in [3.63, 3.8) is 0 Å². The number of nitrogens with zero attached hydrogens (tertiary/aromatic N) is 2. The molecule has 0 aromatic heterocycles. The minimum Gasteiger partial charge on any atom is -0.447 e. The third-order valence-electron chi connectivity index (χ3n) is 6.20. The summed E-state index contributed by atoms with van der Waals surface area (Å²) in [5.74, 6) is -0.380. The Morgan fingerprint density at radius 3 is 2.21 bits per heavy atom. The summed E-state index contributed by atoms with van der Waals surface area (Å²) < 4.78 is 11.0. The van der Waals surface area contributed by atoms with Crippen LogP contribution in [0.5, 0.6) is 0 Å². The molecule has 0 bridgehead atoms. The maximum Gasteiger partial charge on any atom is 0.434 e. The average Bonchev–Trinajstić information content (AvgIpc) is 3.43. The van der Waals surface area contributed by atoms with Gasteiger partial charge in [0.05, 0.1) is 19.2 Å². The third kappa shape index (κ3) is 3.74. The minimum absolute atomic E-state index is 0.0276. The summed E-state index contributed by atoms with van der Waals surface area (Å²) in [6.07, 6.45) is -1.33. The standard InChI is InChI=1S/C25H26N2O6/c1-25(2,3)33-23(29)26-12-21(28)22-20(26)14-32-27(22)24(30)31-13-19-17-10-6-4-8-15(17)16-9-5-7-11-18(16)19/h4-11,19-20,22H,12-14H2,1-3H3. The van der Waals surface area contributed by atoms with Crippen molar-refractivity contribution in [1.29, 1.82) is 0 Å². The molecule has 0 N–H and O–H groups in total. The summed E-state index contributed by atoms with van der Waals surface area (Å²) in [4.78, 5) is 44.9. The lowest BCUT2D eigenvalue weighted by Crippen LogP contribution is -2.45. The molecule has 2 aliphatic heterocycles. The van der Waals surface area contributed by atoms with Crippen molar-refractivity contribution in [3.05, 3.63) is 59.7 Å². The van der Waals surface area contributed by atoms with Crippen molar-refractivity contribution in [3.8, 4) is 11.1 Å². The van der Waals surface area contributed by atoms with Gasteiger partial charge in [0.15, 0.2) is 5.78 Å². The predicted octanol–water partition coefficient (Wildman–Crippen LogP) is 3.74. The van der Waals surface area contributed by atoms with E-state index in [1.165, 1.54) is 4.90 Å². The Morgan fingerprint density at radius 2 is 1.61 bits per heavy atom. The van der Waals surface area contributed by atoms with Crippen LogP contribution in [0.2, 0.25) is 0 Å². The quantitative estimate of drug-likeness (QED) is 0.693. The highest BCUT2D eigenvalue weighted by Gasteiger charge is 2.54. The number of ether oxygens (including phenoxy) is 2. The van der Waals surface area contributed by atoms with Gasteiger partial charge >= 0.3 is 12.2 Å². The van der Waals surface area contributed by atoms with Gasteiger partial charge in [-0.25, -0.2) is 9.59 Å². The van der Waals surface area contributed by atoms with Gasteiger partial charge in [0.2, 0.25) is 0 Å². The lowest BCUT2D eigenvalue weighted by molar-refractivity contribution is -0.139. The van der Waals surface area contributed by atoms with Crippen LogP contribution in [0.15, 0.2) is 48.5 Å². The first-order valence-electron chi connectivity index (χ1n) is 11.0. The molecule has 0 spiro atoms. The maximum absolute atomic E-state index is 12.9. The Balaban J connectivity index is 1.28. The van der Waals surface area contributed by atoms with Crippen molar-refractivity contribution < 1.29 is 28.7 Å². The summed E-state index contributed by atoms with van der Waals surface area (Å²) >= 11 is 0. The highest BCUT2D eigenvalue weighted by atomic mass is 16.7. The summed E-state index contributed by atoms with van der Waals surface area (Å²) in [6.45, 7) is 5.30. The zero-order valence-electron chi connectivity index (χ0n) is 18.8. The van der Waals surface area contributed by atoms with Crippen molar-refractivity contribution in [2.75, 3.05) is 19.8 Å². The Kier molecular flexibility index (Phi) is 5.12. The molecule has 0 saturated carbocycles. The lowest BCUT2D eigenvalue weighted by Gasteiger charge is -2.26. The fourth-order valence-electron chi connectivity index (χ4n) is 4.81. The molecule has 2 saturated heterocycles. The van der Waals surface area contributed by atoms with Crippen LogP contribution in [-0.4, -0.2) is 65.4 Å². The number of likely N-dealkylation sites (tertiary alicyclic amines) is 1. The van der Waals surface area contributed by atoms with Gasteiger partial charge in [-0.3, -0.25) is 14.5 Å². The van der Waals surface area contributed by atoms with E-state index in [4.69, 9.17) is 14.3 Å². The van der Waals surface area contributed by atoms with Crippen molar-refractivity contribution in [1.82, 2.24) is 9.96 Å². The number of hydrogen-bond donors (Lipinski definition) is 0. The van der Waals surface area contributed by atoms with Crippen LogP contribution < -0.4 is 0 Å². The number of benzene rings is 2. The highest BCUT2D eigenvalue weighted by Crippen LogP contribution is 2.44. The fourth-order valence-corrected chi connectivity index (χ4v) is 4.81. The second-order valence-corrected chi connectivity index (χ2v) is 9.51. The fraction of sp³-hybridized carbons (Fsp3) is 0.400. The Hall–Kier alpha value is -3.39. The van der Waals surface area contributed by atoms with Gasteiger partial charge in [-0.15, -0.1) is 0 Å². The molecule has 2 amide bonds. The molecule has 33 heavy (non-hydrogen) atoms. The molecular formula is C25H26N2O6. The van der Waals surface area contributed by atoms with Crippen LogP contribution in [0.25, 0.3) is 11.1 Å². The first-order chi connectivity index (χ1) is 15.7. The normalized spacial score (nSPS) is 21.6. The van der Waals surface area contributed by atoms with E-state index >= 15 is 0 Å². The molecule has 1 aliphatic carbocycles. The van der Waals surface area contributed by atoms with Gasteiger partial charge in [-0.1, -0.05) is 48.5 Å². The van der Waals surface area contributed by atoms with E-state index in [-0.39, 0.29) is 31.5 Å². The predicted molar refractivity (Wildman–Crippen MR) is 118 cm³/mol. The smallest absolute Gasteiger partial charge is 0.434 e. The number of hydroxylamine groups is 2. The van der Waals surface area contributed by atoms with Gasteiger partial charge in [-0.05, 0) is 43.0 Å². The lowest BCUT2D eigenvalue weighted by atomic mass is 9.98. The van der Waals surface area contributed by atoms with Crippen molar-refractivity contribution >= 4 is 18.0 Å². The zero-order valence-corrected chi connectivity index (χ0v) is 18.8. The van der Waals surface area contributed by atoms with E-state index in [1.807, 2.05) is 36.4 Å². The first kappa shape index (κ1) is 21.5. The monoisotopic (exact) mass is 450 g/mol. The molecule has 5 rings (SSSR count). The minimum atomic E-state index is -0.895. The van der Waals surface area contributed by atoms with Crippen LogP contribution in [0.4, 0.5) is 9.59 Å². The van der Waals surface area contributed by atoms with E-state index in [0.717, 1.165) is 27.3 Å². The van der Waals surface area contributed by atoms with E-state index < -0.39 is 29.9 Å². The summed E-state index contributed by atoms with van der Waals surface area (Å²) in [6, 6.07) is 14.6. The molecule has 3 aliphatic rings. The molecule has 2 fully saturated rings. The number of hydrogen-bond acceptors (Lipinski definition) is 6. The average molecular weight is 450 g/mol. The molecule has 2 aromatic rings. The molecular weight excluding hydrogens is 424 g/mol. The topological polar surface area (TPSA) is 85.4 Å². The largest absolute Gasteiger partial charge is 0.447 e. The van der Waals surface area contributed by atoms with Crippen LogP contribution in [0.3, 0.4) is 0 Å². The highest BCUT2D eigenvalue weighted by molar-refractivity contribution is 5.95. The van der Waals surface area contributed by atoms with Gasteiger partial charge in [-0.2, -0.15) is 5.06 Å². The third-order valence-corrected chi connectivity index (χ3v) is 6.20. The summed E-state index contributed by atoms with van der Waals surface area (Å²) in [7, 11) is 0. The summed E-state index contributed by atoms with van der Waals surface area (Å²) in [5.41, 5.74) is 3.76. The molecule has 8 heteroatoms. The number of ketones is 1. The number of carbonyl (C=O) groups excluding carboxylic acids is 3.